The Kier molecular flexibility index (Phi) is 5.94. The lowest BCUT2D eigenvalue weighted by Crippen LogP contribution is -2.45. The first kappa shape index (κ1) is 15.0. The largest absolute Gasteiger partial charge is 0.378 e. The van der Waals surface area contributed by atoms with Crippen LogP contribution in [0.25, 0.3) is 0 Å². The molecule has 0 heterocycles. The summed E-state index contributed by atoms with van der Waals surface area (Å²) in [5.41, 5.74) is 0.367. The van der Waals surface area contributed by atoms with Gasteiger partial charge in [-0.2, -0.15) is 0 Å². The summed E-state index contributed by atoms with van der Waals surface area (Å²) >= 11 is 0. The van der Waals surface area contributed by atoms with E-state index in [1.807, 2.05) is 0 Å². The monoisotopic (exact) mass is 241 g/mol. The second-order valence-electron chi connectivity index (χ2n) is 6.52. The predicted octanol–water partition coefficient (Wildman–Crippen LogP) is 3.61. The van der Waals surface area contributed by atoms with Crippen molar-refractivity contribution in [1.29, 1.82) is 0 Å². The van der Waals surface area contributed by atoms with Gasteiger partial charge in [-0.1, -0.05) is 27.7 Å². The minimum atomic E-state index is 0.367. The molecule has 0 aromatic heterocycles. The van der Waals surface area contributed by atoms with Crippen LogP contribution in [-0.4, -0.2) is 25.3 Å². The molecular weight excluding hydrogens is 210 g/mol. The maximum Gasteiger partial charge on any atom is 0.0580 e. The Hall–Kier alpha value is -0.0800. The Morgan fingerprint density at radius 2 is 1.88 bits per heavy atom. The SMILES string of the molecule is CCCNC(CC1CC(OCC)C1)C(C)(C)C. The number of hydrogen-bond acceptors (Lipinski definition) is 2. The van der Waals surface area contributed by atoms with Crippen LogP contribution in [0.4, 0.5) is 0 Å². The van der Waals surface area contributed by atoms with Crippen molar-refractivity contribution in [2.75, 3.05) is 13.2 Å². The van der Waals surface area contributed by atoms with Crippen molar-refractivity contribution in [3.05, 3.63) is 0 Å². The first-order chi connectivity index (χ1) is 7.97. The van der Waals surface area contributed by atoms with E-state index in [1.165, 1.54) is 25.7 Å². The van der Waals surface area contributed by atoms with Crippen LogP contribution in [0.15, 0.2) is 0 Å². The third kappa shape index (κ3) is 4.97. The van der Waals surface area contributed by atoms with E-state index in [0.717, 1.165) is 19.1 Å². The van der Waals surface area contributed by atoms with Crippen molar-refractivity contribution in [2.24, 2.45) is 11.3 Å². The molecule has 1 N–H and O–H groups in total. The third-order valence-electron chi connectivity index (χ3n) is 3.85. The molecule has 1 unspecified atom stereocenters. The molecule has 2 heteroatoms. The molecule has 1 fully saturated rings. The molecule has 1 aliphatic rings. The van der Waals surface area contributed by atoms with E-state index < -0.39 is 0 Å². The maximum atomic E-state index is 5.64. The van der Waals surface area contributed by atoms with E-state index in [4.69, 9.17) is 4.74 Å². The van der Waals surface area contributed by atoms with E-state index in [-0.39, 0.29) is 0 Å². The van der Waals surface area contributed by atoms with E-state index in [9.17, 15) is 0 Å². The fourth-order valence-corrected chi connectivity index (χ4v) is 2.63. The molecule has 0 radical (unpaired) electrons. The molecule has 1 rings (SSSR count). The zero-order chi connectivity index (χ0) is 12.9. The van der Waals surface area contributed by atoms with E-state index in [2.05, 4.69) is 39.9 Å². The molecule has 0 bridgehead atoms. The molecule has 0 saturated heterocycles. The average Bonchev–Trinajstić information content (AvgIpc) is 2.18. The van der Waals surface area contributed by atoms with Crippen LogP contribution < -0.4 is 5.32 Å². The molecule has 1 aliphatic carbocycles. The number of nitrogens with one attached hydrogen (secondary N) is 1. The molecule has 0 spiro atoms. The van der Waals surface area contributed by atoms with Gasteiger partial charge < -0.3 is 10.1 Å². The Morgan fingerprint density at radius 1 is 1.24 bits per heavy atom. The Morgan fingerprint density at radius 3 is 2.35 bits per heavy atom. The third-order valence-corrected chi connectivity index (χ3v) is 3.85. The summed E-state index contributed by atoms with van der Waals surface area (Å²) in [5.74, 6) is 0.875. The van der Waals surface area contributed by atoms with Gasteiger partial charge >= 0.3 is 0 Å². The summed E-state index contributed by atoms with van der Waals surface area (Å²) < 4.78 is 5.64. The highest BCUT2D eigenvalue weighted by Crippen LogP contribution is 2.36. The quantitative estimate of drug-likeness (QED) is 0.735. The second kappa shape index (κ2) is 6.75. The minimum absolute atomic E-state index is 0.367. The van der Waals surface area contributed by atoms with Crippen LogP contribution in [0.3, 0.4) is 0 Å². The Balaban J connectivity index is 2.30. The highest BCUT2D eigenvalue weighted by Gasteiger charge is 2.34. The van der Waals surface area contributed by atoms with Crippen molar-refractivity contribution in [3.63, 3.8) is 0 Å². The standard InChI is InChI=1S/C15H31NO/c1-6-8-16-14(15(3,4)5)11-12-9-13(10-12)17-7-2/h12-14,16H,6-11H2,1-5H3. The van der Waals surface area contributed by atoms with Crippen molar-refractivity contribution in [3.8, 4) is 0 Å². The fraction of sp³-hybridized carbons (Fsp3) is 1.00. The predicted molar refractivity (Wildman–Crippen MR) is 74.3 cm³/mol. The number of ether oxygens (including phenoxy) is 1. The highest BCUT2D eigenvalue weighted by atomic mass is 16.5. The first-order valence-corrected chi connectivity index (χ1v) is 7.32. The van der Waals surface area contributed by atoms with E-state index >= 15 is 0 Å². The highest BCUT2D eigenvalue weighted by molar-refractivity contribution is 4.88. The van der Waals surface area contributed by atoms with Crippen LogP contribution in [0, 0.1) is 11.3 Å². The lowest BCUT2D eigenvalue weighted by atomic mass is 9.73. The van der Waals surface area contributed by atoms with Gasteiger partial charge in [0.15, 0.2) is 0 Å². The summed E-state index contributed by atoms with van der Waals surface area (Å²) in [5, 5.41) is 3.71. The van der Waals surface area contributed by atoms with Gasteiger partial charge in [-0.15, -0.1) is 0 Å². The number of rotatable bonds is 7. The molecule has 0 aromatic carbocycles. The minimum Gasteiger partial charge on any atom is -0.378 e. The summed E-state index contributed by atoms with van der Waals surface area (Å²) in [6.07, 6.45) is 5.63. The van der Waals surface area contributed by atoms with Crippen LogP contribution >= 0.6 is 0 Å². The van der Waals surface area contributed by atoms with Gasteiger partial charge in [-0.25, -0.2) is 0 Å². The zero-order valence-corrected chi connectivity index (χ0v) is 12.4. The molecule has 0 amide bonds. The summed E-state index contributed by atoms with van der Waals surface area (Å²) in [6, 6.07) is 0.648. The Labute approximate surface area is 108 Å². The van der Waals surface area contributed by atoms with Gasteiger partial charge in [0.25, 0.3) is 0 Å². The van der Waals surface area contributed by atoms with E-state index in [0.29, 0.717) is 17.6 Å². The van der Waals surface area contributed by atoms with Gasteiger partial charge in [0.2, 0.25) is 0 Å². The van der Waals surface area contributed by atoms with Crippen molar-refractivity contribution in [2.45, 2.75) is 72.4 Å². The smallest absolute Gasteiger partial charge is 0.0580 e. The lowest BCUT2D eigenvalue weighted by Gasteiger charge is -2.41. The average molecular weight is 241 g/mol. The van der Waals surface area contributed by atoms with Crippen LogP contribution in [0.1, 0.15) is 60.3 Å². The molecule has 2 nitrogen and oxygen atoms in total. The number of hydrogen-bond donors (Lipinski definition) is 1. The van der Waals surface area contributed by atoms with Crippen LogP contribution in [0.2, 0.25) is 0 Å². The molecule has 0 aliphatic heterocycles. The zero-order valence-electron chi connectivity index (χ0n) is 12.4. The van der Waals surface area contributed by atoms with Crippen molar-refractivity contribution < 1.29 is 4.74 Å². The summed E-state index contributed by atoms with van der Waals surface area (Å²) in [6.45, 7) is 13.4. The first-order valence-electron chi connectivity index (χ1n) is 7.32. The molecule has 0 aromatic rings. The van der Waals surface area contributed by atoms with Crippen LogP contribution in [0.5, 0.6) is 0 Å². The van der Waals surface area contributed by atoms with Gasteiger partial charge in [-0.3, -0.25) is 0 Å². The molecule has 1 atom stereocenters. The topological polar surface area (TPSA) is 21.3 Å². The molecule has 1 saturated carbocycles. The molecule has 17 heavy (non-hydrogen) atoms. The normalized spacial score (nSPS) is 26.6. The fourth-order valence-electron chi connectivity index (χ4n) is 2.63. The van der Waals surface area contributed by atoms with Gasteiger partial charge in [0.1, 0.15) is 0 Å². The van der Waals surface area contributed by atoms with Gasteiger partial charge in [-0.05, 0) is 50.5 Å². The van der Waals surface area contributed by atoms with Crippen LogP contribution in [-0.2, 0) is 4.74 Å². The van der Waals surface area contributed by atoms with Crippen molar-refractivity contribution >= 4 is 0 Å². The summed E-state index contributed by atoms with van der Waals surface area (Å²) in [4.78, 5) is 0. The van der Waals surface area contributed by atoms with Gasteiger partial charge in [0, 0.05) is 12.6 Å². The lowest BCUT2D eigenvalue weighted by molar-refractivity contribution is -0.0324. The van der Waals surface area contributed by atoms with E-state index in [1.54, 1.807) is 0 Å². The second-order valence-corrected chi connectivity index (χ2v) is 6.52. The Bertz CT molecular complexity index is 203. The maximum absolute atomic E-state index is 5.64. The van der Waals surface area contributed by atoms with Gasteiger partial charge in [0.05, 0.1) is 6.10 Å². The molecule has 102 valence electrons. The summed E-state index contributed by atoms with van der Waals surface area (Å²) in [7, 11) is 0. The van der Waals surface area contributed by atoms with Crippen molar-refractivity contribution in [1.82, 2.24) is 5.32 Å². The molecular formula is C15H31NO.